The summed E-state index contributed by atoms with van der Waals surface area (Å²) in [7, 11) is 1.84. The summed E-state index contributed by atoms with van der Waals surface area (Å²) in [6.45, 7) is 2.87. The molecule has 1 aromatic rings. The molecule has 1 aromatic carbocycles. The normalized spacial score (nSPS) is 10.2. The van der Waals surface area contributed by atoms with Crippen molar-refractivity contribution in [1.82, 2.24) is 0 Å². The zero-order valence-electron chi connectivity index (χ0n) is 9.44. The zero-order valence-corrected chi connectivity index (χ0v) is 10.2. The summed E-state index contributed by atoms with van der Waals surface area (Å²) in [5.41, 5.74) is 0.564. The minimum Gasteiger partial charge on any atom is -0.369 e. The van der Waals surface area contributed by atoms with Crippen LogP contribution in [-0.4, -0.2) is 18.5 Å². The second-order valence-corrected chi connectivity index (χ2v) is 4.05. The van der Waals surface area contributed by atoms with Crippen LogP contribution >= 0.6 is 11.6 Å². The molecule has 4 nitrogen and oxygen atoms in total. The lowest BCUT2D eigenvalue weighted by Gasteiger charge is -2.18. The Morgan fingerprint density at radius 1 is 1.50 bits per heavy atom. The van der Waals surface area contributed by atoms with Gasteiger partial charge in [0.15, 0.2) is 0 Å². The number of hydrogen-bond donors (Lipinski definition) is 0. The average Bonchev–Trinajstić information content (AvgIpc) is 2.24. The quantitative estimate of drug-likeness (QED) is 0.587. The molecule has 0 unspecified atom stereocenters. The lowest BCUT2D eigenvalue weighted by Crippen LogP contribution is -2.19. The Labute approximate surface area is 100.0 Å². The standard InChI is InChI=1S/C11H15ClN2O2/c1-3-4-8-13(2)10-7-5-6-9(12)11(10)14(15)16/h5-7H,3-4,8H2,1-2H3. The number of anilines is 1. The van der Waals surface area contributed by atoms with Gasteiger partial charge in [0.1, 0.15) is 10.7 Å². The number of nitro benzene ring substituents is 1. The van der Waals surface area contributed by atoms with Gasteiger partial charge in [-0.15, -0.1) is 0 Å². The Bertz CT molecular complexity index is 382. The van der Waals surface area contributed by atoms with Gasteiger partial charge in [0.2, 0.25) is 0 Å². The number of nitro groups is 1. The van der Waals surface area contributed by atoms with Gasteiger partial charge in [-0.3, -0.25) is 10.1 Å². The summed E-state index contributed by atoms with van der Waals surface area (Å²) < 4.78 is 0. The number of para-hydroxylation sites is 1. The van der Waals surface area contributed by atoms with Gasteiger partial charge in [0.05, 0.1) is 4.92 Å². The van der Waals surface area contributed by atoms with E-state index in [0.29, 0.717) is 5.69 Å². The van der Waals surface area contributed by atoms with E-state index in [-0.39, 0.29) is 10.7 Å². The van der Waals surface area contributed by atoms with E-state index in [1.54, 1.807) is 12.1 Å². The van der Waals surface area contributed by atoms with Crippen LogP contribution < -0.4 is 4.90 Å². The molecule has 0 heterocycles. The fraction of sp³-hybridized carbons (Fsp3) is 0.455. The highest BCUT2D eigenvalue weighted by Gasteiger charge is 2.20. The third kappa shape index (κ3) is 2.85. The van der Waals surface area contributed by atoms with Gasteiger partial charge in [-0.1, -0.05) is 31.0 Å². The van der Waals surface area contributed by atoms with Crippen LogP contribution in [0.15, 0.2) is 18.2 Å². The Hall–Kier alpha value is -1.29. The highest BCUT2D eigenvalue weighted by atomic mass is 35.5. The van der Waals surface area contributed by atoms with Crippen molar-refractivity contribution in [2.24, 2.45) is 0 Å². The zero-order chi connectivity index (χ0) is 12.1. The third-order valence-corrected chi connectivity index (χ3v) is 2.71. The smallest absolute Gasteiger partial charge is 0.310 e. The molecular weight excluding hydrogens is 228 g/mol. The van der Waals surface area contributed by atoms with Crippen molar-refractivity contribution >= 4 is 23.0 Å². The van der Waals surface area contributed by atoms with Crippen molar-refractivity contribution < 1.29 is 4.92 Å². The Morgan fingerprint density at radius 2 is 2.19 bits per heavy atom. The minimum atomic E-state index is -0.430. The van der Waals surface area contributed by atoms with E-state index in [9.17, 15) is 10.1 Å². The van der Waals surface area contributed by atoms with Crippen molar-refractivity contribution in [1.29, 1.82) is 0 Å². The van der Waals surface area contributed by atoms with Crippen LogP contribution in [0.1, 0.15) is 19.8 Å². The molecule has 0 aliphatic rings. The van der Waals surface area contributed by atoms with Crippen molar-refractivity contribution in [3.8, 4) is 0 Å². The molecule has 16 heavy (non-hydrogen) atoms. The van der Waals surface area contributed by atoms with E-state index in [0.717, 1.165) is 19.4 Å². The number of nitrogens with zero attached hydrogens (tertiary/aromatic N) is 2. The third-order valence-electron chi connectivity index (χ3n) is 2.41. The molecule has 0 spiro atoms. The predicted octanol–water partition coefficient (Wildman–Crippen LogP) is 3.48. The molecule has 5 heteroatoms. The van der Waals surface area contributed by atoms with Gasteiger partial charge in [-0.25, -0.2) is 0 Å². The largest absolute Gasteiger partial charge is 0.369 e. The summed E-state index contributed by atoms with van der Waals surface area (Å²) in [6.07, 6.45) is 2.05. The SMILES string of the molecule is CCCCN(C)c1cccc(Cl)c1[N+](=O)[O-]. The van der Waals surface area contributed by atoms with Crippen LogP contribution in [0.2, 0.25) is 5.02 Å². The van der Waals surface area contributed by atoms with E-state index >= 15 is 0 Å². The first-order valence-corrected chi connectivity index (χ1v) is 5.59. The monoisotopic (exact) mass is 242 g/mol. The molecule has 0 N–H and O–H groups in total. The summed E-state index contributed by atoms with van der Waals surface area (Å²) in [4.78, 5) is 12.4. The minimum absolute atomic E-state index is 0.0113. The molecule has 0 fully saturated rings. The van der Waals surface area contributed by atoms with Crippen LogP contribution in [0.3, 0.4) is 0 Å². The number of benzene rings is 1. The summed E-state index contributed by atoms with van der Waals surface area (Å²) >= 11 is 5.83. The van der Waals surface area contributed by atoms with Gasteiger partial charge in [0.25, 0.3) is 0 Å². The van der Waals surface area contributed by atoms with Crippen LogP contribution in [0.5, 0.6) is 0 Å². The molecule has 0 atom stereocenters. The maximum absolute atomic E-state index is 10.9. The van der Waals surface area contributed by atoms with E-state index in [1.807, 2.05) is 11.9 Å². The first-order valence-electron chi connectivity index (χ1n) is 5.22. The molecule has 0 radical (unpaired) electrons. The highest BCUT2D eigenvalue weighted by molar-refractivity contribution is 6.33. The summed E-state index contributed by atoms with van der Waals surface area (Å²) in [6, 6.07) is 4.99. The average molecular weight is 243 g/mol. The predicted molar refractivity (Wildman–Crippen MR) is 66.3 cm³/mol. The van der Waals surface area contributed by atoms with E-state index in [2.05, 4.69) is 6.92 Å². The van der Waals surface area contributed by atoms with Crippen LogP contribution in [-0.2, 0) is 0 Å². The van der Waals surface area contributed by atoms with Crippen molar-refractivity contribution in [3.05, 3.63) is 33.3 Å². The molecule has 88 valence electrons. The summed E-state index contributed by atoms with van der Waals surface area (Å²) in [5.74, 6) is 0. The molecule has 0 aliphatic heterocycles. The van der Waals surface area contributed by atoms with Gasteiger partial charge in [-0.05, 0) is 18.6 Å². The highest BCUT2D eigenvalue weighted by Crippen LogP contribution is 2.34. The van der Waals surface area contributed by atoms with Crippen LogP contribution in [0.4, 0.5) is 11.4 Å². The summed E-state index contributed by atoms with van der Waals surface area (Å²) in [5, 5.41) is 11.1. The molecule has 0 saturated heterocycles. The van der Waals surface area contributed by atoms with E-state index < -0.39 is 4.92 Å². The van der Waals surface area contributed by atoms with E-state index in [1.165, 1.54) is 6.07 Å². The second kappa shape index (κ2) is 5.70. The van der Waals surface area contributed by atoms with Gasteiger partial charge in [-0.2, -0.15) is 0 Å². The van der Waals surface area contributed by atoms with Crippen LogP contribution in [0.25, 0.3) is 0 Å². The molecule has 1 rings (SSSR count). The Kier molecular flexibility index (Phi) is 4.55. The Balaban J connectivity index is 3.02. The molecule has 0 amide bonds. The molecule has 0 aliphatic carbocycles. The van der Waals surface area contributed by atoms with Crippen molar-refractivity contribution in [2.75, 3.05) is 18.5 Å². The lowest BCUT2D eigenvalue weighted by atomic mass is 10.2. The maximum Gasteiger partial charge on any atom is 0.310 e. The maximum atomic E-state index is 10.9. The molecule has 0 aromatic heterocycles. The number of rotatable bonds is 5. The second-order valence-electron chi connectivity index (χ2n) is 3.64. The van der Waals surface area contributed by atoms with Gasteiger partial charge >= 0.3 is 5.69 Å². The number of halogens is 1. The fourth-order valence-corrected chi connectivity index (χ4v) is 1.75. The number of hydrogen-bond acceptors (Lipinski definition) is 3. The topological polar surface area (TPSA) is 46.4 Å². The molecule has 0 bridgehead atoms. The van der Waals surface area contributed by atoms with Crippen molar-refractivity contribution in [3.63, 3.8) is 0 Å². The Morgan fingerprint density at radius 3 is 2.75 bits per heavy atom. The number of unbranched alkanes of at least 4 members (excludes halogenated alkanes) is 1. The van der Waals surface area contributed by atoms with Crippen LogP contribution in [0, 0.1) is 10.1 Å². The van der Waals surface area contributed by atoms with E-state index in [4.69, 9.17) is 11.6 Å². The van der Waals surface area contributed by atoms with Gasteiger partial charge < -0.3 is 4.90 Å². The first-order chi connectivity index (χ1) is 7.57. The van der Waals surface area contributed by atoms with Crippen molar-refractivity contribution in [2.45, 2.75) is 19.8 Å². The lowest BCUT2D eigenvalue weighted by molar-refractivity contribution is -0.384. The molecular formula is C11H15ClN2O2. The first kappa shape index (κ1) is 12.8. The fourth-order valence-electron chi connectivity index (χ4n) is 1.51. The van der Waals surface area contributed by atoms with Gasteiger partial charge in [0, 0.05) is 13.6 Å². The molecule has 0 saturated carbocycles.